The van der Waals surface area contributed by atoms with Gasteiger partial charge in [-0.15, -0.1) is 0 Å². The predicted octanol–water partition coefficient (Wildman–Crippen LogP) is 3.08. The van der Waals surface area contributed by atoms with Crippen molar-refractivity contribution in [3.05, 3.63) is 0 Å². The van der Waals surface area contributed by atoms with Crippen LogP contribution in [0.25, 0.3) is 0 Å². The highest BCUT2D eigenvalue weighted by Gasteiger charge is 2.88. The quantitative estimate of drug-likeness (QED) is 0.513. The number of hydrogen-bond acceptors (Lipinski definition) is 0. The van der Waals surface area contributed by atoms with Gasteiger partial charge in [0.1, 0.15) is 0 Å². The van der Waals surface area contributed by atoms with Crippen LogP contribution in [-0.2, 0) is 0 Å². The van der Waals surface area contributed by atoms with E-state index in [0.29, 0.717) is 0 Å². The molecule has 4 aliphatic carbocycles. The van der Waals surface area contributed by atoms with Crippen molar-refractivity contribution in [2.45, 2.75) is 39.5 Å². The van der Waals surface area contributed by atoms with Gasteiger partial charge in [0.15, 0.2) is 0 Å². The molecule has 0 amide bonds. The van der Waals surface area contributed by atoms with E-state index >= 15 is 0 Å². The molecule has 4 aliphatic rings. The first-order valence-corrected chi connectivity index (χ1v) is 5.71. The second kappa shape index (κ2) is 1.40. The zero-order valence-electron chi connectivity index (χ0n) is 8.14. The summed E-state index contributed by atoms with van der Waals surface area (Å²) in [6, 6.07) is 0. The standard InChI is InChI=1S/C12H18/c1-7-3-9-10-6-11(5-8(11)2)12(9,10)4-7/h7-10H,3-6H2,1-2H3/t7-,8?,9?,10?,11?,12?/m1/s1. The lowest BCUT2D eigenvalue weighted by Crippen LogP contribution is -2.32. The molecular formula is C12H18. The van der Waals surface area contributed by atoms with Gasteiger partial charge in [-0.25, -0.2) is 0 Å². The Morgan fingerprint density at radius 2 is 1.75 bits per heavy atom. The SMILES string of the molecule is CC1CC12CC1C3C[C@@H](C)CC312. The molecule has 5 unspecified atom stereocenters. The fourth-order valence-electron chi connectivity index (χ4n) is 5.51. The van der Waals surface area contributed by atoms with Crippen LogP contribution < -0.4 is 0 Å². The zero-order valence-corrected chi connectivity index (χ0v) is 8.14. The Kier molecular flexibility index (Phi) is 0.755. The molecule has 0 bridgehead atoms. The van der Waals surface area contributed by atoms with Crippen LogP contribution in [0, 0.1) is 34.5 Å². The number of hydrogen-bond donors (Lipinski definition) is 0. The van der Waals surface area contributed by atoms with Gasteiger partial charge in [0.05, 0.1) is 0 Å². The van der Waals surface area contributed by atoms with Crippen molar-refractivity contribution in [1.82, 2.24) is 0 Å². The highest BCUT2D eigenvalue weighted by molar-refractivity contribution is 5.36. The van der Waals surface area contributed by atoms with Crippen molar-refractivity contribution in [2.24, 2.45) is 34.5 Å². The van der Waals surface area contributed by atoms with Crippen LogP contribution in [-0.4, -0.2) is 0 Å². The molecule has 12 heavy (non-hydrogen) atoms. The van der Waals surface area contributed by atoms with Crippen molar-refractivity contribution < 1.29 is 0 Å². The van der Waals surface area contributed by atoms with E-state index in [1.165, 1.54) is 11.8 Å². The number of fused-ring (bicyclic) bond motifs is 1. The molecule has 0 heterocycles. The van der Waals surface area contributed by atoms with Crippen molar-refractivity contribution in [1.29, 1.82) is 0 Å². The monoisotopic (exact) mass is 162 g/mol. The third-order valence-electron chi connectivity index (χ3n) is 6.01. The van der Waals surface area contributed by atoms with Crippen molar-refractivity contribution >= 4 is 0 Å². The molecule has 0 aliphatic heterocycles. The fraction of sp³-hybridized carbons (Fsp3) is 1.00. The van der Waals surface area contributed by atoms with Gasteiger partial charge in [0.2, 0.25) is 0 Å². The Balaban J connectivity index is 1.74. The van der Waals surface area contributed by atoms with E-state index in [4.69, 9.17) is 0 Å². The van der Waals surface area contributed by atoms with Crippen LogP contribution in [0.15, 0.2) is 0 Å². The first-order valence-electron chi connectivity index (χ1n) is 5.71. The molecule has 0 aromatic carbocycles. The average molecular weight is 162 g/mol. The van der Waals surface area contributed by atoms with Gasteiger partial charge in [-0.05, 0) is 60.2 Å². The van der Waals surface area contributed by atoms with E-state index in [-0.39, 0.29) is 0 Å². The largest absolute Gasteiger partial charge is 0.0625 e. The fourth-order valence-corrected chi connectivity index (χ4v) is 5.51. The summed E-state index contributed by atoms with van der Waals surface area (Å²) >= 11 is 0. The molecule has 0 heteroatoms. The first-order chi connectivity index (χ1) is 5.71. The molecule has 0 radical (unpaired) electrons. The molecule has 66 valence electrons. The van der Waals surface area contributed by atoms with Crippen LogP contribution in [0.4, 0.5) is 0 Å². The summed E-state index contributed by atoms with van der Waals surface area (Å²) in [5.41, 5.74) is 1.87. The Labute approximate surface area is 74.7 Å². The van der Waals surface area contributed by atoms with E-state index in [1.807, 2.05) is 0 Å². The second-order valence-corrected chi connectivity index (χ2v) is 6.26. The lowest BCUT2D eigenvalue weighted by atomic mass is 9.65. The Morgan fingerprint density at radius 3 is 2.33 bits per heavy atom. The summed E-state index contributed by atoms with van der Waals surface area (Å²) in [4.78, 5) is 0. The van der Waals surface area contributed by atoms with Crippen molar-refractivity contribution in [3.8, 4) is 0 Å². The van der Waals surface area contributed by atoms with Crippen LogP contribution >= 0.6 is 0 Å². The van der Waals surface area contributed by atoms with Crippen LogP contribution in [0.3, 0.4) is 0 Å². The summed E-state index contributed by atoms with van der Waals surface area (Å²) in [6.45, 7) is 4.96. The van der Waals surface area contributed by atoms with E-state index in [1.54, 1.807) is 25.7 Å². The third kappa shape index (κ3) is 0.383. The van der Waals surface area contributed by atoms with Gasteiger partial charge in [0, 0.05) is 0 Å². The van der Waals surface area contributed by atoms with Gasteiger partial charge in [0.25, 0.3) is 0 Å². The summed E-state index contributed by atoms with van der Waals surface area (Å²) in [7, 11) is 0. The van der Waals surface area contributed by atoms with Gasteiger partial charge in [-0.2, -0.15) is 0 Å². The second-order valence-electron chi connectivity index (χ2n) is 6.26. The Morgan fingerprint density at radius 1 is 1.00 bits per heavy atom. The molecule has 0 nitrogen and oxygen atoms in total. The molecule has 6 atom stereocenters. The van der Waals surface area contributed by atoms with Gasteiger partial charge in [-0.1, -0.05) is 13.8 Å². The molecule has 4 saturated carbocycles. The van der Waals surface area contributed by atoms with Gasteiger partial charge < -0.3 is 0 Å². The topological polar surface area (TPSA) is 0 Å². The molecule has 4 rings (SSSR count). The maximum absolute atomic E-state index is 2.49. The maximum atomic E-state index is 2.49. The smallest absolute Gasteiger partial charge is 0.0173 e. The minimum Gasteiger partial charge on any atom is -0.0625 e. The van der Waals surface area contributed by atoms with Crippen molar-refractivity contribution in [3.63, 3.8) is 0 Å². The molecule has 4 fully saturated rings. The highest BCUT2D eigenvalue weighted by atomic mass is 14.9. The Bertz CT molecular complexity index is 269. The maximum Gasteiger partial charge on any atom is -0.0173 e. The van der Waals surface area contributed by atoms with E-state index in [2.05, 4.69) is 13.8 Å². The van der Waals surface area contributed by atoms with E-state index in [9.17, 15) is 0 Å². The van der Waals surface area contributed by atoms with Crippen LogP contribution in [0.5, 0.6) is 0 Å². The predicted molar refractivity (Wildman–Crippen MR) is 48.6 cm³/mol. The van der Waals surface area contributed by atoms with E-state index < -0.39 is 0 Å². The number of rotatable bonds is 0. The first kappa shape index (κ1) is 6.45. The third-order valence-corrected chi connectivity index (χ3v) is 6.01. The molecule has 0 N–H and O–H groups in total. The summed E-state index contributed by atoms with van der Waals surface area (Å²) in [5, 5.41) is 0. The molecule has 2 spiro atoms. The summed E-state index contributed by atoms with van der Waals surface area (Å²) in [6.07, 6.45) is 6.41. The molecular weight excluding hydrogens is 144 g/mol. The normalized spacial score (nSPS) is 76.5. The van der Waals surface area contributed by atoms with Crippen LogP contribution in [0.1, 0.15) is 39.5 Å². The average Bonchev–Trinajstić information content (AvgIpc) is 2.71. The van der Waals surface area contributed by atoms with Crippen molar-refractivity contribution in [2.75, 3.05) is 0 Å². The minimum absolute atomic E-state index is 0.924. The summed E-state index contributed by atoms with van der Waals surface area (Å²) in [5.74, 6) is 4.59. The summed E-state index contributed by atoms with van der Waals surface area (Å²) < 4.78 is 0. The molecule has 0 aromatic heterocycles. The highest BCUT2D eigenvalue weighted by Crippen LogP contribution is 2.95. The minimum atomic E-state index is 0.924. The lowest BCUT2D eigenvalue weighted by molar-refractivity contribution is 0.0949. The molecule has 0 aromatic rings. The molecule has 0 saturated heterocycles. The van der Waals surface area contributed by atoms with E-state index in [0.717, 1.165) is 22.7 Å². The van der Waals surface area contributed by atoms with Crippen LogP contribution in [0.2, 0.25) is 0 Å². The van der Waals surface area contributed by atoms with Gasteiger partial charge in [-0.3, -0.25) is 0 Å². The lowest BCUT2D eigenvalue weighted by Gasteiger charge is -2.38. The van der Waals surface area contributed by atoms with Gasteiger partial charge >= 0.3 is 0 Å². The Hall–Kier alpha value is 0. The zero-order chi connectivity index (χ0) is 8.14.